The molecular formula is C18H25NO. The molecule has 0 N–H and O–H groups in total. The number of hydrogen-bond donors (Lipinski definition) is 0. The smallest absolute Gasteiger partial charge is 0.168 e. The number of aromatic nitrogens is 1. The molecule has 2 rings (SSSR count). The van der Waals surface area contributed by atoms with Gasteiger partial charge in [0, 0.05) is 23.9 Å². The largest absolute Gasteiger partial charge is 0.323 e. The fourth-order valence-corrected chi connectivity index (χ4v) is 2.79. The van der Waals surface area contributed by atoms with Crippen LogP contribution in [-0.4, -0.2) is 10.2 Å². The van der Waals surface area contributed by atoms with Gasteiger partial charge in [-0.3, -0.25) is 4.79 Å². The maximum atomic E-state index is 12.8. The maximum Gasteiger partial charge on any atom is 0.168 e. The Morgan fingerprint density at radius 1 is 1.05 bits per heavy atom. The average molecular weight is 271 g/mol. The van der Waals surface area contributed by atoms with Gasteiger partial charge in [0.05, 0.1) is 5.52 Å². The lowest BCUT2D eigenvalue weighted by atomic mass is 9.89. The van der Waals surface area contributed by atoms with Gasteiger partial charge in [-0.15, -0.1) is 0 Å². The van der Waals surface area contributed by atoms with Crippen molar-refractivity contribution in [3.63, 3.8) is 0 Å². The van der Waals surface area contributed by atoms with Crippen LogP contribution in [0.3, 0.4) is 0 Å². The van der Waals surface area contributed by atoms with Crippen LogP contribution >= 0.6 is 0 Å². The molecule has 0 fully saturated rings. The highest BCUT2D eigenvalue weighted by atomic mass is 16.1. The van der Waals surface area contributed by atoms with Crippen LogP contribution in [-0.2, 0) is 0 Å². The van der Waals surface area contributed by atoms with Gasteiger partial charge in [-0.25, -0.2) is 0 Å². The number of unbranched alkanes of at least 4 members (excludes halogenated alkanes) is 2. The molecule has 0 aromatic carbocycles. The number of carbonyl (C=O) groups is 1. The number of nitrogens with zero attached hydrogens (tertiary/aromatic N) is 1. The van der Waals surface area contributed by atoms with E-state index in [0.717, 1.165) is 49.6 Å². The van der Waals surface area contributed by atoms with E-state index in [1.807, 2.05) is 41.1 Å². The second-order valence-corrected chi connectivity index (χ2v) is 5.57. The van der Waals surface area contributed by atoms with Gasteiger partial charge in [0.25, 0.3) is 0 Å². The number of hydrogen-bond acceptors (Lipinski definition) is 1. The molecule has 20 heavy (non-hydrogen) atoms. The van der Waals surface area contributed by atoms with Gasteiger partial charge in [0.1, 0.15) is 0 Å². The predicted molar refractivity (Wildman–Crippen MR) is 84.3 cm³/mol. The van der Waals surface area contributed by atoms with Crippen molar-refractivity contribution in [3.05, 3.63) is 42.2 Å². The molecule has 0 saturated heterocycles. The second-order valence-electron chi connectivity index (χ2n) is 5.57. The van der Waals surface area contributed by atoms with Gasteiger partial charge in [-0.1, -0.05) is 45.6 Å². The highest BCUT2D eigenvalue weighted by molar-refractivity contribution is 6.04. The second kappa shape index (κ2) is 7.28. The molecule has 0 aliphatic rings. The molecule has 0 saturated carbocycles. The first-order valence-corrected chi connectivity index (χ1v) is 7.87. The van der Waals surface area contributed by atoms with E-state index in [4.69, 9.17) is 0 Å². The Morgan fingerprint density at radius 3 is 2.40 bits per heavy atom. The van der Waals surface area contributed by atoms with E-state index >= 15 is 0 Å². The Bertz CT molecular complexity index is 547. The van der Waals surface area contributed by atoms with Crippen molar-refractivity contribution < 1.29 is 4.79 Å². The van der Waals surface area contributed by atoms with Crippen molar-refractivity contribution in [2.24, 2.45) is 5.92 Å². The molecule has 2 nitrogen and oxygen atoms in total. The minimum atomic E-state index is 0.196. The van der Waals surface area contributed by atoms with Gasteiger partial charge in [-0.2, -0.15) is 0 Å². The molecule has 0 aliphatic carbocycles. The molecule has 0 unspecified atom stereocenters. The number of fused-ring (bicyclic) bond motifs is 1. The Labute approximate surface area is 121 Å². The molecule has 0 radical (unpaired) electrons. The summed E-state index contributed by atoms with van der Waals surface area (Å²) in [5, 5.41) is 0. The van der Waals surface area contributed by atoms with Crippen molar-refractivity contribution in [1.29, 1.82) is 0 Å². The van der Waals surface area contributed by atoms with Gasteiger partial charge in [0.15, 0.2) is 5.78 Å². The van der Waals surface area contributed by atoms with E-state index in [9.17, 15) is 4.79 Å². The highest BCUT2D eigenvalue weighted by Gasteiger charge is 2.21. The first-order chi connectivity index (χ1) is 9.77. The first-order valence-electron chi connectivity index (χ1n) is 7.87. The van der Waals surface area contributed by atoms with Crippen LogP contribution in [0.1, 0.15) is 62.7 Å². The average Bonchev–Trinajstić information content (AvgIpc) is 2.91. The SMILES string of the molecule is CCCCC(CCCC)C(=O)c1ccn2ccccc12. The first kappa shape index (κ1) is 14.8. The zero-order valence-corrected chi connectivity index (χ0v) is 12.6. The molecule has 0 bridgehead atoms. The van der Waals surface area contributed by atoms with Gasteiger partial charge >= 0.3 is 0 Å². The number of rotatable bonds is 8. The van der Waals surface area contributed by atoms with Crippen molar-refractivity contribution >= 4 is 11.3 Å². The van der Waals surface area contributed by atoms with E-state index in [1.54, 1.807) is 0 Å². The van der Waals surface area contributed by atoms with Gasteiger partial charge in [-0.05, 0) is 31.0 Å². The molecule has 2 aromatic heterocycles. The molecule has 108 valence electrons. The van der Waals surface area contributed by atoms with E-state index in [-0.39, 0.29) is 5.92 Å². The topological polar surface area (TPSA) is 21.5 Å². The third-order valence-corrected chi connectivity index (χ3v) is 4.02. The number of Topliss-reactive ketones (excluding diaryl/α,β-unsaturated/α-hetero) is 1. The Morgan fingerprint density at radius 2 is 1.75 bits per heavy atom. The Hall–Kier alpha value is -1.57. The van der Waals surface area contributed by atoms with Crippen LogP contribution in [0.25, 0.3) is 5.52 Å². The number of carbonyl (C=O) groups excluding carboxylic acids is 1. The van der Waals surface area contributed by atoms with Crippen LogP contribution in [0.4, 0.5) is 0 Å². The standard InChI is InChI=1S/C18H25NO/c1-3-5-9-15(10-6-4-2)18(20)16-12-14-19-13-8-7-11-17(16)19/h7-8,11-15H,3-6,9-10H2,1-2H3. The molecule has 2 heterocycles. The summed E-state index contributed by atoms with van der Waals surface area (Å²) in [7, 11) is 0. The van der Waals surface area contributed by atoms with Gasteiger partial charge in [0.2, 0.25) is 0 Å². The van der Waals surface area contributed by atoms with Crippen LogP contribution in [0.5, 0.6) is 0 Å². The summed E-state index contributed by atoms with van der Waals surface area (Å²) >= 11 is 0. The van der Waals surface area contributed by atoms with E-state index in [2.05, 4.69) is 13.8 Å². The monoisotopic (exact) mass is 271 g/mol. The third-order valence-electron chi connectivity index (χ3n) is 4.02. The molecule has 0 atom stereocenters. The van der Waals surface area contributed by atoms with Crippen molar-refractivity contribution in [2.45, 2.75) is 52.4 Å². The summed E-state index contributed by atoms with van der Waals surface area (Å²) in [6.45, 7) is 4.38. The molecule has 0 amide bonds. The number of ketones is 1. The molecule has 2 heteroatoms. The lowest BCUT2D eigenvalue weighted by Gasteiger charge is -2.14. The van der Waals surface area contributed by atoms with Crippen LogP contribution < -0.4 is 0 Å². The quantitative estimate of drug-likeness (QED) is 0.611. The fourth-order valence-electron chi connectivity index (χ4n) is 2.79. The summed E-state index contributed by atoms with van der Waals surface area (Å²) in [5.74, 6) is 0.530. The molecular weight excluding hydrogens is 246 g/mol. The van der Waals surface area contributed by atoms with Crippen LogP contribution in [0.2, 0.25) is 0 Å². The van der Waals surface area contributed by atoms with E-state index in [1.165, 1.54) is 0 Å². The van der Waals surface area contributed by atoms with Crippen LogP contribution in [0.15, 0.2) is 36.7 Å². The van der Waals surface area contributed by atoms with Crippen molar-refractivity contribution in [3.8, 4) is 0 Å². The third kappa shape index (κ3) is 3.30. The summed E-state index contributed by atoms with van der Waals surface area (Å²) < 4.78 is 2.03. The lowest BCUT2D eigenvalue weighted by molar-refractivity contribution is 0.0904. The normalized spacial score (nSPS) is 11.3. The van der Waals surface area contributed by atoms with Gasteiger partial charge < -0.3 is 4.40 Å². The minimum Gasteiger partial charge on any atom is -0.323 e. The zero-order valence-electron chi connectivity index (χ0n) is 12.6. The summed E-state index contributed by atoms with van der Waals surface area (Å²) in [6, 6.07) is 8.00. The summed E-state index contributed by atoms with van der Waals surface area (Å²) in [6.07, 6.45) is 10.6. The Kier molecular flexibility index (Phi) is 5.40. The minimum absolute atomic E-state index is 0.196. The summed E-state index contributed by atoms with van der Waals surface area (Å²) in [4.78, 5) is 12.8. The summed E-state index contributed by atoms with van der Waals surface area (Å²) in [5.41, 5.74) is 1.93. The zero-order chi connectivity index (χ0) is 14.4. The Balaban J connectivity index is 2.21. The molecule has 0 spiro atoms. The van der Waals surface area contributed by atoms with E-state index in [0.29, 0.717) is 5.78 Å². The molecule has 0 aliphatic heterocycles. The highest BCUT2D eigenvalue weighted by Crippen LogP contribution is 2.24. The van der Waals surface area contributed by atoms with E-state index < -0.39 is 0 Å². The number of pyridine rings is 1. The predicted octanol–water partition coefficient (Wildman–Crippen LogP) is 5.12. The van der Waals surface area contributed by atoms with Crippen molar-refractivity contribution in [1.82, 2.24) is 4.40 Å². The lowest BCUT2D eigenvalue weighted by Crippen LogP contribution is -2.15. The fraction of sp³-hybridized carbons (Fsp3) is 0.500. The maximum absolute atomic E-state index is 12.8. The van der Waals surface area contributed by atoms with Crippen molar-refractivity contribution in [2.75, 3.05) is 0 Å². The van der Waals surface area contributed by atoms with Crippen LogP contribution in [0, 0.1) is 5.92 Å². The molecule has 2 aromatic rings.